The van der Waals surface area contributed by atoms with Crippen molar-refractivity contribution in [3.63, 3.8) is 0 Å². The van der Waals surface area contributed by atoms with Gasteiger partial charge in [-0.15, -0.1) is 11.6 Å². The molecule has 0 bridgehead atoms. The van der Waals surface area contributed by atoms with Crippen molar-refractivity contribution in [1.82, 2.24) is 5.32 Å². The summed E-state index contributed by atoms with van der Waals surface area (Å²) in [5.74, 6) is 0.607. The fourth-order valence-corrected chi connectivity index (χ4v) is 2.36. The average Bonchev–Trinajstić information content (AvgIpc) is 2.22. The zero-order chi connectivity index (χ0) is 13.8. The van der Waals surface area contributed by atoms with E-state index in [2.05, 4.69) is 23.5 Å². The van der Waals surface area contributed by atoms with Gasteiger partial charge in [-0.1, -0.05) is 23.8 Å². The molecule has 18 heavy (non-hydrogen) atoms. The SMILES string of the molecule is Cc1ccc(C)c(CC(=O)NC(C)(C)CCCl)c1. The maximum absolute atomic E-state index is 12.0. The van der Waals surface area contributed by atoms with E-state index in [4.69, 9.17) is 11.6 Å². The summed E-state index contributed by atoms with van der Waals surface area (Å²) < 4.78 is 0. The summed E-state index contributed by atoms with van der Waals surface area (Å²) in [6.45, 7) is 8.07. The number of halogens is 1. The largest absolute Gasteiger partial charge is 0.351 e. The van der Waals surface area contributed by atoms with E-state index in [-0.39, 0.29) is 11.4 Å². The Morgan fingerprint density at radius 3 is 2.61 bits per heavy atom. The van der Waals surface area contributed by atoms with Crippen LogP contribution in [-0.2, 0) is 11.2 Å². The van der Waals surface area contributed by atoms with E-state index in [0.717, 1.165) is 17.5 Å². The summed E-state index contributed by atoms with van der Waals surface area (Å²) in [5, 5.41) is 3.03. The van der Waals surface area contributed by atoms with E-state index >= 15 is 0 Å². The number of alkyl halides is 1. The lowest BCUT2D eigenvalue weighted by molar-refractivity contribution is -0.122. The molecule has 0 fully saturated rings. The van der Waals surface area contributed by atoms with E-state index in [9.17, 15) is 4.79 Å². The summed E-state index contributed by atoms with van der Waals surface area (Å²) in [7, 11) is 0. The first-order chi connectivity index (χ1) is 8.34. The van der Waals surface area contributed by atoms with Crippen molar-refractivity contribution in [1.29, 1.82) is 0 Å². The monoisotopic (exact) mass is 267 g/mol. The number of aryl methyl sites for hydroxylation is 2. The standard InChI is InChI=1S/C15H22ClNO/c1-11-5-6-12(2)13(9-11)10-14(18)17-15(3,4)7-8-16/h5-6,9H,7-8,10H2,1-4H3,(H,17,18). The quantitative estimate of drug-likeness (QED) is 0.815. The Kier molecular flexibility index (Phi) is 5.21. The summed E-state index contributed by atoms with van der Waals surface area (Å²) in [6, 6.07) is 6.19. The third-order valence-corrected chi connectivity index (χ3v) is 3.24. The second kappa shape index (κ2) is 6.24. The third kappa shape index (κ3) is 4.69. The molecule has 1 rings (SSSR count). The van der Waals surface area contributed by atoms with Crippen LogP contribution < -0.4 is 5.32 Å². The first-order valence-corrected chi connectivity index (χ1v) is 6.80. The molecule has 100 valence electrons. The van der Waals surface area contributed by atoms with Crippen molar-refractivity contribution >= 4 is 17.5 Å². The second-order valence-corrected chi connectivity index (χ2v) is 5.86. The Bertz CT molecular complexity index is 427. The van der Waals surface area contributed by atoms with Gasteiger partial charge in [-0.2, -0.15) is 0 Å². The lowest BCUT2D eigenvalue weighted by Crippen LogP contribution is -2.44. The molecule has 0 aliphatic rings. The predicted molar refractivity (Wildman–Crippen MR) is 77.2 cm³/mol. The molecule has 0 aromatic heterocycles. The van der Waals surface area contributed by atoms with Gasteiger partial charge in [-0.05, 0) is 45.2 Å². The molecule has 0 saturated carbocycles. The van der Waals surface area contributed by atoms with Crippen molar-refractivity contribution < 1.29 is 4.79 Å². The minimum absolute atomic E-state index is 0.0545. The Labute approximate surface area is 115 Å². The van der Waals surface area contributed by atoms with Gasteiger partial charge in [0.1, 0.15) is 0 Å². The first kappa shape index (κ1) is 15.0. The lowest BCUT2D eigenvalue weighted by Gasteiger charge is -2.25. The second-order valence-electron chi connectivity index (χ2n) is 5.48. The number of benzene rings is 1. The van der Waals surface area contributed by atoms with Crippen molar-refractivity contribution in [3.05, 3.63) is 34.9 Å². The predicted octanol–water partition coefficient (Wildman–Crippen LogP) is 3.37. The van der Waals surface area contributed by atoms with Gasteiger partial charge in [0.2, 0.25) is 5.91 Å². The molecular weight excluding hydrogens is 246 g/mol. The highest BCUT2D eigenvalue weighted by Gasteiger charge is 2.19. The van der Waals surface area contributed by atoms with Crippen LogP contribution in [0.4, 0.5) is 0 Å². The fourth-order valence-electron chi connectivity index (χ4n) is 1.88. The van der Waals surface area contributed by atoms with Crippen LogP contribution in [0.1, 0.15) is 37.0 Å². The van der Waals surface area contributed by atoms with E-state index in [1.165, 1.54) is 5.56 Å². The van der Waals surface area contributed by atoms with Gasteiger partial charge in [0.15, 0.2) is 0 Å². The molecule has 3 heteroatoms. The van der Waals surface area contributed by atoms with E-state index in [1.54, 1.807) is 0 Å². The molecule has 0 atom stereocenters. The van der Waals surface area contributed by atoms with E-state index < -0.39 is 0 Å². The molecule has 0 aliphatic heterocycles. The molecule has 1 N–H and O–H groups in total. The number of carbonyl (C=O) groups excluding carboxylic acids is 1. The fraction of sp³-hybridized carbons (Fsp3) is 0.533. The van der Waals surface area contributed by atoms with Crippen LogP contribution >= 0.6 is 11.6 Å². The molecule has 2 nitrogen and oxygen atoms in total. The highest BCUT2D eigenvalue weighted by atomic mass is 35.5. The van der Waals surface area contributed by atoms with Gasteiger partial charge < -0.3 is 5.32 Å². The van der Waals surface area contributed by atoms with Crippen LogP contribution in [-0.4, -0.2) is 17.3 Å². The van der Waals surface area contributed by atoms with Crippen molar-refractivity contribution in [3.8, 4) is 0 Å². The Hall–Kier alpha value is -1.02. The minimum atomic E-state index is -0.240. The zero-order valence-electron chi connectivity index (χ0n) is 11.6. The van der Waals surface area contributed by atoms with Crippen LogP contribution in [0.3, 0.4) is 0 Å². The molecule has 0 aliphatic carbocycles. The summed E-state index contributed by atoms with van der Waals surface area (Å²) in [4.78, 5) is 12.0. The summed E-state index contributed by atoms with van der Waals surface area (Å²) in [6.07, 6.45) is 1.20. The Morgan fingerprint density at radius 1 is 1.33 bits per heavy atom. The number of amides is 1. The summed E-state index contributed by atoms with van der Waals surface area (Å²) >= 11 is 5.72. The van der Waals surface area contributed by atoms with E-state index in [1.807, 2.05) is 27.7 Å². The van der Waals surface area contributed by atoms with Crippen molar-refractivity contribution in [2.24, 2.45) is 0 Å². The highest BCUT2D eigenvalue weighted by Crippen LogP contribution is 2.13. The van der Waals surface area contributed by atoms with Gasteiger partial charge in [-0.25, -0.2) is 0 Å². The average molecular weight is 268 g/mol. The van der Waals surface area contributed by atoms with Gasteiger partial charge in [0.25, 0.3) is 0 Å². The smallest absolute Gasteiger partial charge is 0.224 e. The molecule has 0 saturated heterocycles. The van der Waals surface area contributed by atoms with Gasteiger partial charge in [0.05, 0.1) is 6.42 Å². The maximum Gasteiger partial charge on any atom is 0.224 e. The molecule has 0 spiro atoms. The number of rotatable bonds is 5. The Morgan fingerprint density at radius 2 is 2.00 bits per heavy atom. The zero-order valence-corrected chi connectivity index (χ0v) is 12.4. The van der Waals surface area contributed by atoms with Crippen LogP contribution in [0.5, 0.6) is 0 Å². The molecule has 0 heterocycles. The normalized spacial score (nSPS) is 11.4. The van der Waals surface area contributed by atoms with E-state index in [0.29, 0.717) is 12.3 Å². The van der Waals surface area contributed by atoms with Crippen LogP contribution in [0.25, 0.3) is 0 Å². The molecule has 1 aromatic rings. The first-order valence-electron chi connectivity index (χ1n) is 6.27. The van der Waals surface area contributed by atoms with Gasteiger partial charge in [0, 0.05) is 11.4 Å². The van der Waals surface area contributed by atoms with Crippen LogP contribution in [0.15, 0.2) is 18.2 Å². The lowest BCUT2D eigenvalue weighted by atomic mass is 9.99. The highest BCUT2D eigenvalue weighted by molar-refractivity contribution is 6.17. The van der Waals surface area contributed by atoms with Gasteiger partial charge >= 0.3 is 0 Å². The molecule has 0 unspecified atom stereocenters. The topological polar surface area (TPSA) is 29.1 Å². The minimum Gasteiger partial charge on any atom is -0.351 e. The third-order valence-electron chi connectivity index (χ3n) is 3.05. The van der Waals surface area contributed by atoms with Gasteiger partial charge in [-0.3, -0.25) is 4.79 Å². The molecule has 1 amide bonds. The number of hydrogen-bond donors (Lipinski definition) is 1. The van der Waals surface area contributed by atoms with Crippen molar-refractivity contribution in [2.45, 2.75) is 46.1 Å². The number of hydrogen-bond acceptors (Lipinski definition) is 1. The number of carbonyl (C=O) groups is 1. The maximum atomic E-state index is 12.0. The summed E-state index contributed by atoms with van der Waals surface area (Å²) in [5.41, 5.74) is 3.19. The molecule has 1 aromatic carbocycles. The Balaban J connectivity index is 2.67. The number of nitrogens with one attached hydrogen (secondary N) is 1. The van der Waals surface area contributed by atoms with Crippen LogP contribution in [0.2, 0.25) is 0 Å². The van der Waals surface area contributed by atoms with Crippen molar-refractivity contribution in [2.75, 3.05) is 5.88 Å². The molecule has 0 radical (unpaired) electrons. The molecular formula is C15H22ClNO. The van der Waals surface area contributed by atoms with Crippen LogP contribution in [0, 0.1) is 13.8 Å².